The molecule has 0 radical (unpaired) electrons. The summed E-state index contributed by atoms with van der Waals surface area (Å²) < 4.78 is 0. The van der Waals surface area contributed by atoms with Crippen molar-refractivity contribution in [1.82, 2.24) is 0 Å². The third-order valence-corrected chi connectivity index (χ3v) is 6.05. The van der Waals surface area contributed by atoms with Crippen molar-refractivity contribution in [3.05, 3.63) is 29.3 Å². The van der Waals surface area contributed by atoms with Gasteiger partial charge in [-0.1, -0.05) is 17.7 Å². The molecule has 1 amide bonds. The van der Waals surface area contributed by atoms with Crippen molar-refractivity contribution in [1.29, 1.82) is 0 Å². The molecule has 0 aliphatic carbocycles. The van der Waals surface area contributed by atoms with Crippen LogP contribution in [0.4, 0.5) is 5.69 Å². The second-order valence-electron chi connectivity index (χ2n) is 7.83. The maximum absolute atomic E-state index is 13.1. The fourth-order valence-electron chi connectivity index (χ4n) is 4.87. The van der Waals surface area contributed by atoms with Crippen molar-refractivity contribution in [3.63, 3.8) is 0 Å². The van der Waals surface area contributed by atoms with E-state index < -0.39 is 0 Å². The Hall–Kier alpha value is -1.39. The molecule has 1 aromatic carbocycles. The molecule has 1 unspecified atom stereocenters. The van der Waals surface area contributed by atoms with Gasteiger partial charge in [-0.3, -0.25) is 4.79 Å². The number of hydrogen-bond donors (Lipinski definition) is 2. The average Bonchev–Trinajstić information content (AvgIpc) is 3.13. The summed E-state index contributed by atoms with van der Waals surface area (Å²) in [6.45, 7) is 7.51. The Morgan fingerprint density at radius 2 is 2.04 bits per heavy atom. The van der Waals surface area contributed by atoms with Gasteiger partial charge >= 0.3 is 0 Å². The van der Waals surface area contributed by atoms with Crippen LogP contribution in [-0.4, -0.2) is 51.7 Å². The van der Waals surface area contributed by atoms with Crippen LogP contribution in [0.3, 0.4) is 0 Å². The van der Waals surface area contributed by atoms with Crippen LogP contribution in [0.5, 0.6) is 0 Å². The van der Waals surface area contributed by atoms with Crippen LogP contribution in [0, 0.1) is 6.92 Å². The number of likely N-dealkylation sites (N-methyl/N-ethyl adjacent to an activating group) is 1. The first-order chi connectivity index (χ1) is 11.1. The van der Waals surface area contributed by atoms with E-state index in [1.54, 1.807) is 4.90 Å². The van der Waals surface area contributed by atoms with Crippen LogP contribution in [0.25, 0.3) is 0 Å². The lowest BCUT2D eigenvalue weighted by Crippen LogP contribution is -3.11. The Morgan fingerprint density at radius 3 is 2.83 bits per heavy atom. The number of quaternary nitrogens is 2. The van der Waals surface area contributed by atoms with Gasteiger partial charge in [-0.05, 0) is 18.6 Å². The Balaban J connectivity index is 1.64. The summed E-state index contributed by atoms with van der Waals surface area (Å²) in [6.07, 6.45) is 3.68. The summed E-state index contributed by atoms with van der Waals surface area (Å²) in [7, 11) is 2.28. The third-order valence-electron chi connectivity index (χ3n) is 6.05. The lowest BCUT2D eigenvalue weighted by atomic mass is 9.89. The average molecular weight is 315 g/mol. The topological polar surface area (TPSA) is 29.2 Å². The lowest BCUT2D eigenvalue weighted by molar-refractivity contribution is -0.886. The Labute approximate surface area is 139 Å². The highest BCUT2D eigenvalue weighted by atomic mass is 16.2. The normalized spacial score (nSPS) is 30.3. The van der Waals surface area contributed by atoms with Gasteiger partial charge in [0.2, 0.25) is 0 Å². The van der Waals surface area contributed by atoms with E-state index in [9.17, 15) is 4.79 Å². The molecule has 2 N–H and O–H groups in total. The molecular formula is C19H29N3O+2. The molecule has 1 aromatic rings. The smallest absolute Gasteiger partial charge is 0.282 e. The number of nitrogens with one attached hydrogen (secondary N) is 2. The van der Waals surface area contributed by atoms with E-state index in [0.29, 0.717) is 24.4 Å². The molecule has 0 spiro atoms. The van der Waals surface area contributed by atoms with Gasteiger partial charge in [0.15, 0.2) is 6.54 Å². The van der Waals surface area contributed by atoms with Gasteiger partial charge in [-0.25, -0.2) is 0 Å². The van der Waals surface area contributed by atoms with Crippen LogP contribution >= 0.6 is 0 Å². The first-order valence-electron chi connectivity index (χ1n) is 9.21. The number of benzene rings is 1. The van der Waals surface area contributed by atoms with Gasteiger partial charge < -0.3 is 14.7 Å². The van der Waals surface area contributed by atoms with Crippen LogP contribution < -0.4 is 14.7 Å². The highest BCUT2D eigenvalue weighted by Crippen LogP contribution is 2.42. The predicted octanol–water partition coefficient (Wildman–Crippen LogP) is -0.609. The van der Waals surface area contributed by atoms with E-state index in [2.05, 4.69) is 37.1 Å². The van der Waals surface area contributed by atoms with Crippen molar-refractivity contribution in [2.45, 2.75) is 38.1 Å². The van der Waals surface area contributed by atoms with Crippen molar-refractivity contribution in [3.8, 4) is 0 Å². The van der Waals surface area contributed by atoms with Crippen molar-refractivity contribution >= 4 is 11.6 Å². The number of anilines is 1. The number of rotatable bonds is 2. The van der Waals surface area contributed by atoms with Crippen molar-refractivity contribution in [2.24, 2.45) is 0 Å². The fourth-order valence-corrected chi connectivity index (χ4v) is 4.87. The first-order valence-corrected chi connectivity index (χ1v) is 9.21. The largest absolute Gasteiger partial charge is 0.337 e. The Bertz CT molecular complexity index is 609. The van der Waals surface area contributed by atoms with Crippen molar-refractivity contribution in [2.75, 3.05) is 44.7 Å². The fraction of sp³-hybridized carbons (Fsp3) is 0.632. The summed E-state index contributed by atoms with van der Waals surface area (Å²) in [5.41, 5.74) is 3.92. The number of fused-ring (bicyclic) bond motifs is 3. The van der Waals surface area contributed by atoms with E-state index in [4.69, 9.17) is 0 Å². The third kappa shape index (κ3) is 2.68. The Kier molecular flexibility index (Phi) is 3.90. The molecule has 4 nitrogen and oxygen atoms in total. The van der Waals surface area contributed by atoms with E-state index in [0.717, 1.165) is 13.0 Å². The second-order valence-corrected chi connectivity index (χ2v) is 7.83. The van der Waals surface area contributed by atoms with E-state index in [1.807, 2.05) is 0 Å². The van der Waals surface area contributed by atoms with Crippen LogP contribution in [0.15, 0.2) is 18.2 Å². The molecule has 0 bridgehead atoms. The molecule has 4 heteroatoms. The summed E-state index contributed by atoms with van der Waals surface area (Å²) in [5.74, 6) is 0.871. The van der Waals surface area contributed by atoms with Crippen LogP contribution in [-0.2, 0) is 4.79 Å². The highest BCUT2D eigenvalue weighted by molar-refractivity contribution is 5.97. The minimum Gasteiger partial charge on any atom is -0.337 e. The van der Waals surface area contributed by atoms with Gasteiger partial charge in [0.1, 0.15) is 0 Å². The number of nitrogens with zero attached hydrogens (tertiary/aromatic N) is 1. The van der Waals surface area contributed by atoms with E-state index in [-0.39, 0.29) is 0 Å². The SMILES string of the molecule is Cc1ccc2c(c1)[C@@H]1C[NH+](C)CC[C@@H]1N2C(=O)C[NH+]1CCCC1. The summed E-state index contributed by atoms with van der Waals surface area (Å²) in [5, 5.41) is 0. The van der Waals surface area contributed by atoms with Crippen molar-refractivity contribution < 1.29 is 14.6 Å². The quantitative estimate of drug-likeness (QED) is 0.749. The van der Waals surface area contributed by atoms with E-state index in [1.165, 1.54) is 54.2 Å². The standard InChI is InChI=1S/C19H27N3O/c1-14-5-6-17-15(11-14)16-12-20(2)10-7-18(16)22(17)19(23)13-21-8-3-4-9-21/h5-6,11,16,18H,3-4,7-10,12-13H2,1-2H3/p+2/t16-,18-/m0/s1. The zero-order chi connectivity index (χ0) is 16.0. The minimum atomic E-state index is 0.346. The number of piperidine rings is 1. The zero-order valence-corrected chi connectivity index (χ0v) is 14.4. The molecule has 23 heavy (non-hydrogen) atoms. The summed E-state index contributed by atoms with van der Waals surface area (Å²) >= 11 is 0. The van der Waals surface area contributed by atoms with Gasteiger partial charge in [0, 0.05) is 24.9 Å². The maximum Gasteiger partial charge on any atom is 0.282 e. The summed E-state index contributed by atoms with van der Waals surface area (Å²) in [4.78, 5) is 18.3. The lowest BCUT2D eigenvalue weighted by Gasteiger charge is -2.34. The molecule has 124 valence electrons. The molecule has 2 fully saturated rings. The monoisotopic (exact) mass is 315 g/mol. The van der Waals surface area contributed by atoms with Gasteiger partial charge in [0.05, 0.1) is 45.2 Å². The van der Waals surface area contributed by atoms with E-state index >= 15 is 0 Å². The molecule has 3 aliphatic rings. The van der Waals surface area contributed by atoms with Crippen LogP contribution in [0.1, 0.15) is 36.3 Å². The number of likely N-dealkylation sites (tertiary alicyclic amines) is 2. The predicted molar refractivity (Wildman–Crippen MR) is 91.2 cm³/mol. The number of hydrogen-bond acceptors (Lipinski definition) is 1. The molecule has 3 aliphatic heterocycles. The molecular weight excluding hydrogens is 286 g/mol. The maximum atomic E-state index is 13.1. The van der Waals surface area contributed by atoms with Crippen LogP contribution in [0.2, 0.25) is 0 Å². The highest BCUT2D eigenvalue weighted by Gasteiger charge is 2.46. The second kappa shape index (κ2) is 5.91. The van der Waals surface area contributed by atoms with Gasteiger partial charge in [0.25, 0.3) is 5.91 Å². The Morgan fingerprint density at radius 1 is 1.26 bits per heavy atom. The zero-order valence-electron chi connectivity index (χ0n) is 14.4. The summed E-state index contributed by atoms with van der Waals surface area (Å²) in [6, 6.07) is 7.07. The number of aryl methyl sites for hydroxylation is 1. The molecule has 3 heterocycles. The molecule has 2 saturated heterocycles. The molecule has 0 aromatic heterocycles. The van der Waals surface area contributed by atoms with Gasteiger partial charge in [-0.2, -0.15) is 0 Å². The number of amides is 1. The molecule has 0 saturated carbocycles. The van der Waals surface area contributed by atoms with Gasteiger partial charge in [-0.15, -0.1) is 0 Å². The molecule has 4 rings (SSSR count). The number of carbonyl (C=O) groups excluding carboxylic acids is 1. The first kappa shape index (κ1) is 15.2. The molecule has 3 atom stereocenters. The minimum absolute atomic E-state index is 0.346. The number of carbonyl (C=O) groups is 1.